The topological polar surface area (TPSA) is 44.8 Å². The number of para-hydroxylation sites is 2. The Balaban J connectivity index is 2.26. The zero-order valence-corrected chi connectivity index (χ0v) is 10.8. The fourth-order valence-electron chi connectivity index (χ4n) is 1.63. The maximum absolute atomic E-state index is 11.4. The number of carbonyl (C=O) groups excluding carboxylic acids is 1. The lowest BCUT2D eigenvalue weighted by atomic mass is 10.2. The molecule has 0 aromatic heterocycles. The summed E-state index contributed by atoms with van der Waals surface area (Å²) in [6, 6.07) is 14.1. The third kappa shape index (κ3) is 3.04. The van der Waals surface area contributed by atoms with Gasteiger partial charge >= 0.3 is 5.97 Å². The average molecular weight is 258 g/mol. The molecule has 0 heterocycles. The number of hydrogen-bond donors (Lipinski definition) is 0. The van der Waals surface area contributed by atoms with Crippen LogP contribution in [0.5, 0.6) is 17.2 Å². The molecular formula is C15H14O4. The average Bonchev–Trinajstić information content (AvgIpc) is 2.47. The first-order chi connectivity index (χ1) is 9.24. The summed E-state index contributed by atoms with van der Waals surface area (Å²) in [4.78, 5) is 11.4. The molecule has 0 aliphatic carbocycles. The van der Waals surface area contributed by atoms with Gasteiger partial charge in [-0.05, 0) is 30.3 Å². The Labute approximate surface area is 111 Å². The summed E-state index contributed by atoms with van der Waals surface area (Å²) in [5, 5.41) is 0. The van der Waals surface area contributed by atoms with Crippen molar-refractivity contribution in [3.63, 3.8) is 0 Å². The minimum Gasteiger partial charge on any atom is -0.493 e. The fourth-order valence-corrected chi connectivity index (χ4v) is 1.63. The summed E-state index contributed by atoms with van der Waals surface area (Å²) >= 11 is 0. The van der Waals surface area contributed by atoms with Gasteiger partial charge in [0.2, 0.25) is 0 Å². The summed E-state index contributed by atoms with van der Waals surface area (Å²) in [7, 11) is 2.92. The number of ether oxygens (including phenoxy) is 3. The van der Waals surface area contributed by atoms with Gasteiger partial charge in [-0.25, -0.2) is 4.79 Å². The number of rotatable bonds is 4. The molecule has 2 aromatic rings. The van der Waals surface area contributed by atoms with Crippen molar-refractivity contribution in [2.45, 2.75) is 0 Å². The molecule has 0 fully saturated rings. The second-order valence-electron chi connectivity index (χ2n) is 3.77. The second kappa shape index (κ2) is 5.91. The summed E-state index contributed by atoms with van der Waals surface area (Å²) in [6.45, 7) is 0. The normalized spacial score (nSPS) is 9.79. The second-order valence-corrected chi connectivity index (χ2v) is 3.77. The molecule has 0 saturated heterocycles. The van der Waals surface area contributed by atoms with Crippen molar-refractivity contribution in [1.82, 2.24) is 0 Å². The minimum atomic E-state index is -0.398. The lowest BCUT2D eigenvalue weighted by molar-refractivity contribution is 0.0600. The third-order valence-corrected chi connectivity index (χ3v) is 2.55. The molecule has 0 saturated carbocycles. The largest absolute Gasteiger partial charge is 0.493 e. The van der Waals surface area contributed by atoms with Crippen LogP contribution in [-0.4, -0.2) is 20.2 Å². The fraction of sp³-hybridized carbons (Fsp3) is 0.133. The first kappa shape index (κ1) is 13.0. The Morgan fingerprint density at radius 2 is 1.68 bits per heavy atom. The van der Waals surface area contributed by atoms with Gasteiger partial charge in [0, 0.05) is 0 Å². The molecule has 0 N–H and O–H groups in total. The van der Waals surface area contributed by atoms with Crippen molar-refractivity contribution < 1.29 is 19.0 Å². The molecule has 0 bridgehead atoms. The molecule has 0 amide bonds. The van der Waals surface area contributed by atoms with Crippen molar-refractivity contribution in [1.29, 1.82) is 0 Å². The number of carbonyl (C=O) groups is 1. The highest BCUT2D eigenvalue weighted by atomic mass is 16.5. The highest BCUT2D eigenvalue weighted by Crippen LogP contribution is 2.31. The number of benzene rings is 2. The molecule has 0 aliphatic rings. The van der Waals surface area contributed by atoms with Crippen LogP contribution in [0.1, 0.15) is 10.4 Å². The van der Waals surface area contributed by atoms with E-state index in [1.807, 2.05) is 12.1 Å². The van der Waals surface area contributed by atoms with E-state index in [4.69, 9.17) is 9.47 Å². The standard InChI is InChI=1S/C15H14O4/c1-17-13-8-3-4-9-14(13)19-12-7-5-6-11(10-12)15(16)18-2/h3-10H,1-2H3. The predicted molar refractivity (Wildman–Crippen MR) is 70.8 cm³/mol. The van der Waals surface area contributed by atoms with Gasteiger partial charge in [0.25, 0.3) is 0 Å². The van der Waals surface area contributed by atoms with E-state index in [-0.39, 0.29) is 0 Å². The minimum absolute atomic E-state index is 0.398. The summed E-state index contributed by atoms with van der Waals surface area (Å²) in [5.41, 5.74) is 0.440. The van der Waals surface area contributed by atoms with E-state index in [9.17, 15) is 4.79 Å². The molecule has 4 nitrogen and oxygen atoms in total. The lowest BCUT2D eigenvalue weighted by Gasteiger charge is -2.10. The lowest BCUT2D eigenvalue weighted by Crippen LogP contribution is -2.01. The van der Waals surface area contributed by atoms with E-state index < -0.39 is 5.97 Å². The molecule has 2 rings (SSSR count). The first-order valence-corrected chi connectivity index (χ1v) is 5.74. The van der Waals surface area contributed by atoms with Gasteiger partial charge in [-0.2, -0.15) is 0 Å². The Kier molecular flexibility index (Phi) is 4.03. The van der Waals surface area contributed by atoms with Gasteiger partial charge in [0.15, 0.2) is 11.5 Å². The molecule has 19 heavy (non-hydrogen) atoms. The van der Waals surface area contributed by atoms with Crippen molar-refractivity contribution in [3.8, 4) is 17.2 Å². The van der Waals surface area contributed by atoms with Crippen LogP contribution in [0.3, 0.4) is 0 Å². The monoisotopic (exact) mass is 258 g/mol. The highest BCUT2D eigenvalue weighted by molar-refractivity contribution is 5.89. The number of esters is 1. The molecule has 0 spiro atoms. The Bertz CT molecular complexity index is 578. The Hall–Kier alpha value is -2.49. The van der Waals surface area contributed by atoms with E-state index in [0.717, 1.165) is 0 Å². The molecule has 2 aromatic carbocycles. The van der Waals surface area contributed by atoms with E-state index in [2.05, 4.69) is 4.74 Å². The molecule has 98 valence electrons. The van der Waals surface area contributed by atoms with Crippen molar-refractivity contribution >= 4 is 5.97 Å². The quantitative estimate of drug-likeness (QED) is 0.789. The van der Waals surface area contributed by atoms with Crippen LogP contribution in [0.15, 0.2) is 48.5 Å². The van der Waals surface area contributed by atoms with Crippen LogP contribution in [0.4, 0.5) is 0 Å². The maximum atomic E-state index is 11.4. The SMILES string of the molecule is COC(=O)c1cccc(Oc2ccccc2OC)c1. The van der Waals surface area contributed by atoms with Crippen LogP contribution in [0.2, 0.25) is 0 Å². The van der Waals surface area contributed by atoms with E-state index in [1.165, 1.54) is 7.11 Å². The molecular weight excluding hydrogens is 244 g/mol. The third-order valence-electron chi connectivity index (χ3n) is 2.55. The van der Waals surface area contributed by atoms with Crippen LogP contribution in [-0.2, 0) is 4.74 Å². The zero-order valence-electron chi connectivity index (χ0n) is 10.8. The molecule has 0 radical (unpaired) electrons. The Morgan fingerprint density at radius 3 is 2.37 bits per heavy atom. The summed E-state index contributed by atoms with van der Waals surface area (Å²) < 4.78 is 15.6. The van der Waals surface area contributed by atoms with E-state index >= 15 is 0 Å². The van der Waals surface area contributed by atoms with Crippen molar-refractivity contribution in [2.24, 2.45) is 0 Å². The van der Waals surface area contributed by atoms with Crippen LogP contribution < -0.4 is 9.47 Å². The maximum Gasteiger partial charge on any atom is 0.337 e. The van der Waals surface area contributed by atoms with Gasteiger partial charge in [-0.15, -0.1) is 0 Å². The molecule has 0 aliphatic heterocycles. The van der Waals surface area contributed by atoms with Crippen LogP contribution >= 0.6 is 0 Å². The summed E-state index contributed by atoms with van der Waals surface area (Å²) in [6.07, 6.45) is 0. The van der Waals surface area contributed by atoms with E-state index in [0.29, 0.717) is 22.8 Å². The molecule has 0 atom stereocenters. The predicted octanol–water partition coefficient (Wildman–Crippen LogP) is 3.27. The van der Waals surface area contributed by atoms with Gasteiger partial charge in [-0.3, -0.25) is 0 Å². The highest BCUT2D eigenvalue weighted by Gasteiger charge is 2.08. The van der Waals surface area contributed by atoms with Gasteiger partial charge in [-0.1, -0.05) is 18.2 Å². The molecule has 4 heteroatoms. The van der Waals surface area contributed by atoms with Gasteiger partial charge in [0.05, 0.1) is 19.8 Å². The smallest absolute Gasteiger partial charge is 0.337 e. The number of hydrogen-bond acceptors (Lipinski definition) is 4. The van der Waals surface area contributed by atoms with Crippen LogP contribution in [0.25, 0.3) is 0 Å². The van der Waals surface area contributed by atoms with Crippen LogP contribution in [0, 0.1) is 0 Å². The summed E-state index contributed by atoms with van der Waals surface area (Å²) in [5.74, 6) is 1.37. The first-order valence-electron chi connectivity index (χ1n) is 5.74. The van der Waals surface area contributed by atoms with Crippen molar-refractivity contribution in [2.75, 3.05) is 14.2 Å². The van der Waals surface area contributed by atoms with Gasteiger partial charge < -0.3 is 14.2 Å². The van der Waals surface area contributed by atoms with Gasteiger partial charge in [0.1, 0.15) is 5.75 Å². The van der Waals surface area contributed by atoms with E-state index in [1.54, 1.807) is 43.5 Å². The Morgan fingerprint density at radius 1 is 0.947 bits per heavy atom. The number of methoxy groups -OCH3 is 2. The van der Waals surface area contributed by atoms with Crippen molar-refractivity contribution in [3.05, 3.63) is 54.1 Å². The zero-order chi connectivity index (χ0) is 13.7. The molecule has 0 unspecified atom stereocenters.